The maximum absolute atomic E-state index is 11.5. The van der Waals surface area contributed by atoms with Gasteiger partial charge in [-0.1, -0.05) is 0 Å². The van der Waals surface area contributed by atoms with Crippen LogP contribution in [0, 0.1) is 0 Å². The van der Waals surface area contributed by atoms with Gasteiger partial charge in [-0.2, -0.15) is 0 Å². The zero-order valence-corrected chi connectivity index (χ0v) is 10.4. The van der Waals surface area contributed by atoms with Crippen molar-refractivity contribution < 1.29 is 9.53 Å². The summed E-state index contributed by atoms with van der Waals surface area (Å²) < 4.78 is 4.93. The average molecular weight is 242 g/mol. The van der Waals surface area contributed by atoms with E-state index < -0.39 is 0 Å². The van der Waals surface area contributed by atoms with E-state index in [1.54, 1.807) is 4.90 Å². The van der Waals surface area contributed by atoms with Crippen LogP contribution in [0.15, 0.2) is 0 Å². The van der Waals surface area contributed by atoms with Crippen molar-refractivity contribution in [3.63, 3.8) is 0 Å². The first-order valence-corrected chi connectivity index (χ1v) is 5.56. The van der Waals surface area contributed by atoms with Crippen LogP contribution in [0.2, 0.25) is 0 Å². The molecule has 0 saturated heterocycles. The van der Waals surface area contributed by atoms with E-state index in [4.69, 9.17) is 27.9 Å². The van der Waals surface area contributed by atoms with Crippen LogP contribution in [0.25, 0.3) is 0 Å². The van der Waals surface area contributed by atoms with Gasteiger partial charge in [-0.25, -0.2) is 4.79 Å². The Kier molecular flexibility index (Phi) is 6.29. The highest BCUT2D eigenvalue weighted by Crippen LogP contribution is 2.14. The van der Waals surface area contributed by atoms with Gasteiger partial charge in [0.15, 0.2) is 0 Å². The largest absolute Gasteiger partial charge is 0.448 e. The van der Waals surface area contributed by atoms with E-state index in [2.05, 4.69) is 0 Å². The van der Waals surface area contributed by atoms with Gasteiger partial charge in [-0.3, -0.25) is 0 Å². The molecule has 1 amide bonds. The predicted molar refractivity (Wildman–Crippen MR) is 59.2 cm³/mol. The summed E-state index contributed by atoms with van der Waals surface area (Å²) in [4.78, 5) is 13.1. The van der Waals surface area contributed by atoms with Crippen LogP contribution in [0.4, 0.5) is 4.79 Å². The number of rotatable bonds is 4. The van der Waals surface area contributed by atoms with Crippen molar-refractivity contribution in [2.75, 3.05) is 24.9 Å². The van der Waals surface area contributed by atoms with E-state index >= 15 is 0 Å². The molecule has 14 heavy (non-hydrogen) atoms. The number of ether oxygens (including phenoxy) is 1. The lowest BCUT2D eigenvalue weighted by atomic mass is 10.1. The average Bonchev–Trinajstić information content (AvgIpc) is 2.08. The molecule has 0 saturated carbocycles. The molecule has 0 unspecified atom stereocenters. The first-order chi connectivity index (χ1) is 6.43. The summed E-state index contributed by atoms with van der Waals surface area (Å²) in [6.07, 6.45) is -0.362. The summed E-state index contributed by atoms with van der Waals surface area (Å²) in [5.74, 6) is 0.706. The van der Waals surface area contributed by atoms with Gasteiger partial charge < -0.3 is 9.64 Å². The van der Waals surface area contributed by atoms with Gasteiger partial charge in [-0.05, 0) is 20.8 Å². The van der Waals surface area contributed by atoms with Crippen molar-refractivity contribution in [2.45, 2.75) is 26.3 Å². The molecule has 0 aromatic rings. The molecule has 0 aromatic carbocycles. The SMILES string of the molecule is CC(C)(C)N(CCCl)C(=O)OCCCl. The first-order valence-electron chi connectivity index (χ1n) is 4.49. The number of hydrogen-bond donors (Lipinski definition) is 0. The van der Waals surface area contributed by atoms with Crippen molar-refractivity contribution in [2.24, 2.45) is 0 Å². The summed E-state index contributed by atoms with van der Waals surface area (Å²) >= 11 is 11.0. The molecule has 3 nitrogen and oxygen atoms in total. The minimum absolute atomic E-state index is 0.231. The van der Waals surface area contributed by atoms with Gasteiger partial charge in [0, 0.05) is 18.0 Å². The van der Waals surface area contributed by atoms with Gasteiger partial charge in [0.25, 0.3) is 0 Å². The molecule has 0 aliphatic rings. The quantitative estimate of drug-likeness (QED) is 0.709. The monoisotopic (exact) mass is 241 g/mol. The number of carbonyl (C=O) groups excluding carboxylic acids is 1. The number of nitrogens with zero attached hydrogens (tertiary/aromatic N) is 1. The Balaban J connectivity index is 4.26. The fraction of sp³-hybridized carbons (Fsp3) is 0.889. The Morgan fingerprint density at radius 2 is 1.86 bits per heavy atom. The maximum Gasteiger partial charge on any atom is 0.410 e. The van der Waals surface area contributed by atoms with E-state index in [0.717, 1.165) is 0 Å². The van der Waals surface area contributed by atoms with Crippen LogP contribution in [-0.4, -0.2) is 41.4 Å². The number of hydrogen-bond acceptors (Lipinski definition) is 2. The van der Waals surface area contributed by atoms with Crippen LogP contribution in [-0.2, 0) is 4.74 Å². The molecule has 0 heterocycles. The van der Waals surface area contributed by atoms with E-state index in [1.165, 1.54) is 0 Å². The van der Waals surface area contributed by atoms with Crippen molar-refractivity contribution in [1.82, 2.24) is 4.90 Å². The van der Waals surface area contributed by atoms with Crippen LogP contribution in [0.5, 0.6) is 0 Å². The number of alkyl halides is 2. The van der Waals surface area contributed by atoms with E-state index in [1.807, 2.05) is 20.8 Å². The Hall–Kier alpha value is -0.150. The van der Waals surface area contributed by atoms with Gasteiger partial charge in [0.1, 0.15) is 6.61 Å². The van der Waals surface area contributed by atoms with E-state index in [0.29, 0.717) is 18.3 Å². The molecule has 84 valence electrons. The fourth-order valence-corrected chi connectivity index (χ4v) is 1.24. The second-order valence-corrected chi connectivity index (χ2v) is 4.57. The van der Waals surface area contributed by atoms with Crippen LogP contribution in [0.3, 0.4) is 0 Å². The van der Waals surface area contributed by atoms with E-state index in [-0.39, 0.29) is 18.2 Å². The standard InChI is InChI=1S/C9H17Cl2NO2/c1-9(2,3)12(6-4-10)8(13)14-7-5-11/h4-7H2,1-3H3. The van der Waals surface area contributed by atoms with Crippen LogP contribution in [0.1, 0.15) is 20.8 Å². The molecular formula is C9H17Cl2NO2. The smallest absolute Gasteiger partial charge is 0.410 e. The number of amides is 1. The second kappa shape index (κ2) is 6.36. The summed E-state index contributed by atoms with van der Waals surface area (Å²) in [6, 6.07) is 0. The predicted octanol–water partition coefficient (Wildman–Crippen LogP) is 2.70. The van der Waals surface area contributed by atoms with Crippen LogP contribution >= 0.6 is 23.2 Å². The highest BCUT2D eigenvalue weighted by Gasteiger charge is 2.26. The van der Waals surface area contributed by atoms with Gasteiger partial charge in [0.2, 0.25) is 0 Å². The topological polar surface area (TPSA) is 29.5 Å². The van der Waals surface area contributed by atoms with Crippen molar-refractivity contribution in [1.29, 1.82) is 0 Å². The molecule has 0 radical (unpaired) electrons. The third-order valence-electron chi connectivity index (χ3n) is 1.64. The molecule has 0 atom stereocenters. The Labute approximate surface area is 95.3 Å². The first kappa shape index (κ1) is 13.8. The lowest BCUT2D eigenvalue weighted by Gasteiger charge is -2.34. The zero-order chi connectivity index (χ0) is 11.2. The molecule has 0 rings (SSSR count). The second-order valence-electron chi connectivity index (χ2n) is 3.81. The molecule has 0 aliphatic carbocycles. The van der Waals surface area contributed by atoms with Crippen molar-refractivity contribution in [3.05, 3.63) is 0 Å². The highest BCUT2D eigenvalue weighted by molar-refractivity contribution is 6.18. The Bertz CT molecular complexity index is 180. The molecule has 0 N–H and O–H groups in total. The fourth-order valence-electron chi connectivity index (χ4n) is 0.989. The third kappa shape index (κ3) is 4.91. The van der Waals surface area contributed by atoms with Gasteiger partial charge in [0.05, 0.1) is 5.88 Å². The lowest BCUT2D eigenvalue weighted by molar-refractivity contribution is 0.0752. The zero-order valence-electron chi connectivity index (χ0n) is 8.85. The van der Waals surface area contributed by atoms with Gasteiger partial charge >= 0.3 is 6.09 Å². The van der Waals surface area contributed by atoms with Gasteiger partial charge in [-0.15, -0.1) is 23.2 Å². The lowest BCUT2D eigenvalue weighted by Crippen LogP contribution is -2.47. The normalized spacial score (nSPS) is 11.2. The Morgan fingerprint density at radius 1 is 1.29 bits per heavy atom. The minimum Gasteiger partial charge on any atom is -0.448 e. The molecule has 0 bridgehead atoms. The molecule has 0 spiro atoms. The molecule has 0 aromatic heterocycles. The maximum atomic E-state index is 11.5. The van der Waals surface area contributed by atoms with E-state index in [9.17, 15) is 4.79 Å². The van der Waals surface area contributed by atoms with Crippen molar-refractivity contribution >= 4 is 29.3 Å². The molecule has 5 heteroatoms. The Morgan fingerprint density at radius 3 is 2.21 bits per heavy atom. The molecule has 0 fully saturated rings. The van der Waals surface area contributed by atoms with Crippen molar-refractivity contribution in [3.8, 4) is 0 Å². The number of halogens is 2. The molecular weight excluding hydrogens is 225 g/mol. The highest BCUT2D eigenvalue weighted by atomic mass is 35.5. The minimum atomic E-state index is -0.362. The summed E-state index contributed by atoms with van der Waals surface area (Å²) in [5.41, 5.74) is -0.279. The summed E-state index contributed by atoms with van der Waals surface area (Å²) in [5, 5.41) is 0. The molecule has 0 aliphatic heterocycles. The number of carbonyl (C=O) groups is 1. The van der Waals surface area contributed by atoms with Crippen LogP contribution < -0.4 is 0 Å². The summed E-state index contributed by atoms with van der Waals surface area (Å²) in [7, 11) is 0. The summed E-state index contributed by atoms with van der Waals surface area (Å²) in [6.45, 7) is 6.51. The third-order valence-corrected chi connectivity index (χ3v) is 1.96.